The van der Waals surface area contributed by atoms with Gasteiger partial charge in [0, 0.05) is 12.1 Å². The van der Waals surface area contributed by atoms with E-state index in [1.54, 1.807) is 18.2 Å². The Kier molecular flexibility index (Phi) is 4.70. The van der Waals surface area contributed by atoms with Gasteiger partial charge in [-0.1, -0.05) is 11.6 Å². The van der Waals surface area contributed by atoms with Crippen LogP contribution in [0.3, 0.4) is 0 Å². The summed E-state index contributed by atoms with van der Waals surface area (Å²) in [5, 5.41) is -0.0137. The normalized spacial score (nSPS) is 10.4. The van der Waals surface area contributed by atoms with Crippen LogP contribution in [0.4, 0.5) is 0 Å². The Morgan fingerprint density at radius 1 is 1.14 bits per heavy atom. The highest BCUT2D eigenvalue weighted by Gasteiger charge is 2.13. The summed E-state index contributed by atoms with van der Waals surface area (Å²) in [6.45, 7) is 4.53. The second-order valence-corrected chi connectivity index (χ2v) is 4.50. The Labute approximate surface area is 125 Å². The van der Waals surface area contributed by atoms with Crippen LogP contribution in [0.1, 0.15) is 13.8 Å². The van der Waals surface area contributed by atoms with Gasteiger partial charge >= 0.3 is 5.69 Å². The molecule has 0 unspecified atom stereocenters. The monoisotopic (exact) mass is 310 g/mol. The van der Waals surface area contributed by atoms with Crippen molar-refractivity contribution < 1.29 is 9.47 Å². The number of nitrogens with one attached hydrogen (secondary N) is 1. The Balaban J connectivity index is 2.68. The number of halogens is 1. The van der Waals surface area contributed by atoms with E-state index in [9.17, 15) is 9.59 Å². The lowest BCUT2D eigenvalue weighted by molar-refractivity contribution is 0.329. The Morgan fingerprint density at radius 3 is 2.48 bits per heavy atom. The molecule has 0 bridgehead atoms. The van der Waals surface area contributed by atoms with Gasteiger partial charge in [0.25, 0.3) is 5.56 Å². The molecule has 0 aliphatic rings. The number of ether oxygens (including phenoxy) is 2. The van der Waals surface area contributed by atoms with Crippen molar-refractivity contribution in [3.8, 4) is 17.2 Å². The average Bonchev–Trinajstić information content (AvgIpc) is 2.41. The van der Waals surface area contributed by atoms with E-state index in [0.29, 0.717) is 30.4 Å². The van der Waals surface area contributed by atoms with Gasteiger partial charge in [-0.2, -0.15) is 0 Å². The lowest BCUT2D eigenvalue weighted by atomic mass is 10.2. The van der Waals surface area contributed by atoms with Crippen LogP contribution in [0.2, 0.25) is 5.15 Å². The third-order valence-electron chi connectivity index (χ3n) is 2.68. The third kappa shape index (κ3) is 3.28. The Hall–Kier alpha value is -2.21. The van der Waals surface area contributed by atoms with Crippen LogP contribution < -0.4 is 20.7 Å². The number of aromatic nitrogens is 2. The molecule has 2 rings (SSSR count). The van der Waals surface area contributed by atoms with Crippen LogP contribution in [0.5, 0.6) is 11.5 Å². The van der Waals surface area contributed by atoms with Gasteiger partial charge in [0.2, 0.25) is 0 Å². The molecule has 0 aliphatic heterocycles. The van der Waals surface area contributed by atoms with Crippen molar-refractivity contribution >= 4 is 11.6 Å². The van der Waals surface area contributed by atoms with Crippen LogP contribution in [0, 0.1) is 0 Å². The molecule has 0 aliphatic carbocycles. The van der Waals surface area contributed by atoms with Gasteiger partial charge in [0.1, 0.15) is 16.7 Å². The van der Waals surface area contributed by atoms with Crippen LogP contribution in [-0.2, 0) is 0 Å². The SMILES string of the molecule is CCOc1ccc(OCC)c(-n2c(=O)cc(Cl)[nH]c2=O)c1. The molecule has 0 saturated heterocycles. The molecule has 0 saturated carbocycles. The number of rotatable bonds is 5. The van der Waals surface area contributed by atoms with Crippen molar-refractivity contribution in [2.75, 3.05) is 13.2 Å². The van der Waals surface area contributed by atoms with E-state index in [1.165, 1.54) is 0 Å². The van der Waals surface area contributed by atoms with E-state index in [2.05, 4.69) is 4.98 Å². The van der Waals surface area contributed by atoms with Crippen LogP contribution in [-0.4, -0.2) is 22.8 Å². The molecule has 112 valence electrons. The largest absolute Gasteiger partial charge is 0.494 e. The minimum atomic E-state index is -0.637. The maximum absolute atomic E-state index is 12.0. The zero-order valence-electron chi connectivity index (χ0n) is 11.7. The van der Waals surface area contributed by atoms with Gasteiger partial charge in [-0.3, -0.25) is 9.78 Å². The number of hydrogen-bond donors (Lipinski definition) is 1. The van der Waals surface area contributed by atoms with E-state index >= 15 is 0 Å². The minimum Gasteiger partial charge on any atom is -0.494 e. The molecule has 0 amide bonds. The second kappa shape index (κ2) is 6.49. The van der Waals surface area contributed by atoms with E-state index in [0.717, 1.165) is 10.6 Å². The summed E-state index contributed by atoms with van der Waals surface area (Å²) >= 11 is 5.67. The highest BCUT2D eigenvalue weighted by atomic mass is 35.5. The van der Waals surface area contributed by atoms with Gasteiger partial charge in [-0.15, -0.1) is 0 Å². The zero-order valence-corrected chi connectivity index (χ0v) is 12.4. The molecule has 0 atom stereocenters. The summed E-state index contributed by atoms with van der Waals surface area (Å²) in [7, 11) is 0. The first kappa shape index (κ1) is 15.2. The van der Waals surface area contributed by atoms with Crippen LogP contribution in [0.15, 0.2) is 33.9 Å². The Bertz CT molecular complexity index is 720. The van der Waals surface area contributed by atoms with Crippen molar-refractivity contribution in [1.29, 1.82) is 0 Å². The predicted molar refractivity (Wildman–Crippen MR) is 80.0 cm³/mol. The molecule has 0 fully saturated rings. The molecule has 2 aromatic rings. The van der Waals surface area contributed by atoms with Gasteiger partial charge in [-0.25, -0.2) is 9.36 Å². The van der Waals surface area contributed by atoms with Gasteiger partial charge in [0.15, 0.2) is 0 Å². The first-order valence-corrected chi connectivity index (χ1v) is 6.86. The number of H-pyrrole nitrogens is 1. The standard InChI is InChI=1S/C14H15ClN2O4/c1-3-20-9-5-6-11(21-4-2)10(7-9)17-13(18)8-12(15)16-14(17)19/h5-8H,3-4H2,1-2H3,(H,16,19). The topological polar surface area (TPSA) is 73.3 Å². The summed E-state index contributed by atoms with van der Waals surface area (Å²) in [6.07, 6.45) is 0. The summed E-state index contributed by atoms with van der Waals surface area (Å²) in [5.74, 6) is 0.952. The van der Waals surface area contributed by atoms with Gasteiger partial charge in [0.05, 0.1) is 18.9 Å². The molecule has 7 heteroatoms. The van der Waals surface area contributed by atoms with Crippen molar-refractivity contribution in [2.24, 2.45) is 0 Å². The maximum Gasteiger partial charge on any atom is 0.334 e. The number of nitrogens with zero attached hydrogens (tertiary/aromatic N) is 1. The first-order chi connectivity index (χ1) is 10.1. The molecule has 6 nitrogen and oxygen atoms in total. The molecule has 1 heterocycles. The second-order valence-electron chi connectivity index (χ2n) is 4.09. The lowest BCUT2D eigenvalue weighted by Crippen LogP contribution is -2.33. The zero-order chi connectivity index (χ0) is 15.4. The predicted octanol–water partition coefficient (Wildman–Crippen LogP) is 1.98. The molecule has 1 N–H and O–H groups in total. The van der Waals surface area contributed by atoms with E-state index < -0.39 is 11.2 Å². The first-order valence-electron chi connectivity index (χ1n) is 6.48. The number of aromatic amines is 1. The molecule has 0 radical (unpaired) electrons. The minimum absolute atomic E-state index is 0.0137. The molecular weight excluding hydrogens is 296 g/mol. The van der Waals surface area contributed by atoms with Gasteiger partial charge < -0.3 is 9.47 Å². The molecule has 21 heavy (non-hydrogen) atoms. The van der Waals surface area contributed by atoms with Crippen LogP contribution >= 0.6 is 11.6 Å². The van der Waals surface area contributed by atoms with Crippen molar-refractivity contribution in [3.05, 3.63) is 50.3 Å². The Morgan fingerprint density at radius 2 is 1.86 bits per heavy atom. The summed E-state index contributed by atoms with van der Waals surface area (Å²) in [6, 6.07) is 6.09. The summed E-state index contributed by atoms with van der Waals surface area (Å²) in [4.78, 5) is 26.4. The number of hydrogen-bond acceptors (Lipinski definition) is 4. The molecule has 1 aromatic heterocycles. The van der Waals surface area contributed by atoms with E-state index in [1.807, 2.05) is 13.8 Å². The average molecular weight is 311 g/mol. The molecular formula is C14H15ClN2O4. The van der Waals surface area contributed by atoms with Gasteiger partial charge in [-0.05, 0) is 26.0 Å². The van der Waals surface area contributed by atoms with E-state index in [4.69, 9.17) is 21.1 Å². The van der Waals surface area contributed by atoms with Crippen molar-refractivity contribution in [3.63, 3.8) is 0 Å². The lowest BCUT2D eigenvalue weighted by Gasteiger charge is -2.13. The number of benzene rings is 1. The van der Waals surface area contributed by atoms with E-state index in [-0.39, 0.29) is 5.15 Å². The highest BCUT2D eigenvalue weighted by Crippen LogP contribution is 2.26. The fourth-order valence-electron chi connectivity index (χ4n) is 1.90. The van der Waals surface area contributed by atoms with Crippen LogP contribution in [0.25, 0.3) is 5.69 Å². The summed E-state index contributed by atoms with van der Waals surface area (Å²) in [5.41, 5.74) is -0.869. The highest BCUT2D eigenvalue weighted by molar-refractivity contribution is 6.29. The fraction of sp³-hybridized carbons (Fsp3) is 0.286. The fourth-order valence-corrected chi connectivity index (χ4v) is 2.08. The van der Waals surface area contributed by atoms with Crippen molar-refractivity contribution in [2.45, 2.75) is 13.8 Å². The summed E-state index contributed by atoms with van der Waals surface area (Å²) < 4.78 is 11.8. The smallest absolute Gasteiger partial charge is 0.334 e. The quantitative estimate of drug-likeness (QED) is 0.857. The third-order valence-corrected chi connectivity index (χ3v) is 2.89. The van der Waals surface area contributed by atoms with Crippen molar-refractivity contribution in [1.82, 2.24) is 9.55 Å². The molecule has 0 spiro atoms. The molecule has 1 aromatic carbocycles. The maximum atomic E-state index is 12.0.